The minimum absolute atomic E-state index is 0.0983. The van der Waals surface area contributed by atoms with Gasteiger partial charge in [-0.1, -0.05) is 0 Å². The van der Waals surface area contributed by atoms with E-state index >= 15 is 0 Å². The number of hydrogen-bond donors (Lipinski definition) is 0. The number of hydrogen-bond acceptors (Lipinski definition) is 7. The normalized spacial score (nSPS) is 16.4. The first-order valence-electron chi connectivity index (χ1n) is 9.38. The van der Waals surface area contributed by atoms with Crippen LogP contribution in [0.15, 0.2) is 45.8 Å². The fourth-order valence-corrected chi connectivity index (χ4v) is 3.15. The zero-order chi connectivity index (χ0) is 19.9. The molecule has 0 saturated carbocycles. The van der Waals surface area contributed by atoms with Crippen molar-refractivity contribution in [3.63, 3.8) is 0 Å². The minimum atomic E-state index is -0.672. The monoisotopic (exact) mass is 387 g/mol. The molecular weight excluding hydrogens is 362 g/mol. The predicted molar refractivity (Wildman–Crippen MR) is 105 cm³/mol. The molecule has 1 aromatic heterocycles. The van der Waals surface area contributed by atoms with Crippen molar-refractivity contribution in [2.45, 2.75) is 19.4 Å². The third-order valence-corrected chi connectivity index (χ3v) is 4.63. The quantitative estimate of drug-likeness (QED) is 0.509. The molecule has 0 aliphatic carbocycles. The Balaban J connectivity index is 1.65. The lowest BCUT2D eigenvalue weighted by Gasteiger charge is -2.19. The minimum Gasteiger partial charge on any atom is -0.463 e. The molecule has 2 aromatic rings. The highest BCUT2D eigenvalue weighted by Crippen LogP contribution is 2.26. The fraction of sp³-hybridized carbons (Fsp3) is 0.429. The smallest absolute Gasteiger partial charge is 0.345 e. The maximum Gasteiger partial charge on any atom is 0.345 e. The van der Waals surface area contributed by atoms with Crippen molar-refractivity contribution in [2.24, 2.45) is 0 Å². The number of anilines is 1. The first-order valence-corrected chi connectivity index (χ1v) is 9.38. The maximum atomic E-state index is 12.2. The number of carbonyl (C=O) groups is 1. The molecule has 2 heterocycles. The van der Waals surface area contributed by atoms with Crippen LogP contribution >= 0.6 is 0 Å². The van der Waals surface area contributed by atoms with Crippen LogP contribution < -0.4 is 10.3 Å². The lowest BCUT2D eigenvalue weighted by Crippen LogP contribution is -2.23. The highest BCUT2D eigenvalue weighted by Gasteiger charge is 2.23. The highest BCUT2D eigenvalue weighted by molar-refractivity contribution is 5.89. The number of ether oxygens (including phenoxy) is 3. The van der Waals surface area contributed by atoms with Crippen LogP contribution in [-0.2, 0) is 14.2 Å². The zero-order valence-corrected chi connectivity index (χ0v) is 16.2. The molecule has 0 bridgehead atoms. The molecule has 1 fully saturated rings. The van der Waals surface area contributed by atoms with E-state index in [-0.39, 0.29) is 18.3 Å². The average molecular weight is 387 g/mol. The first-order chi connectivity index (χ1) is 13.6. The summed E-state index contributed by atoms with van der Waals surface area (Å²) in [5, 5.41) is 0. The lowest BCUT2D eigenvalue weighted by atomic mass is 10.1. The maximum absolute atomic E-state index is 12.2. The van der Waals surface area contributed by atoms with E-state index < -0.39 is 11.4 Å². The van der Waals surface area contributed by atoms with E-state index in [1.165, 1.54) is 6.07 Å². The van der Waals surface area contributed by atoms with Gasteiger partial charge in [-0.25, -0.2) is 4.79 Å². The molecule has 0 radical (unpaired) electrons. The lowest BCUT2D eigenvalue weighted by molar-refractivity contribution is 0.0280. The van der Waals surface area contributed by atoms with Crippen LogP contribution in [0.5, 0.6) is 0 Å². The summed E-state index contributed by atoms with van der Waals surface area (Å²) in [5.41, 5.74) is 1.34. The van der Waals surface area contributed by atoms with Crippen molar-refractivity contribution in [1.29, 1.82) is 0 Å². The fourth-order valence-electron chi connectivity index (χ4n) is 3.15. The summed E-state index contributed by atoms with van der Waals surface area (Å²) in [6, 6.07) is 9.10. The SMILES string of the molecule is CCOC(=O)c1coc(-c2ccc(N3CC[C@H](OCCOC)C3)cc2)cc1=O. The molecule has 7 heteroatoms. The molecule has 0 N–H and O–H groups in total. The summed E-state index contributed by atoms with van der Waals surface area (Å²) < 4.78 is 21.1. The molecular formula is C21H25NO6. The molecule has 7 nitrogen and oxygen atoms in total. The van der Waals surface area contributed by atoms with E-state index in [0.717, 1.165) is 37.0 Å². The van der Waals surface area contributed by atoms with Crippen molar-refractivity contribution in [3.8, 4) is 11.3 Å². The Labute approximate surface area is 163 Å². The van der Waals surface area contributed by atoms with Gasteiger partial charge in [-0.3, -0.25) is 4.79 Å². The second kappa shape index (κ2) is 9.52. The van der Waals surface area contributed by atoms with Gasteiger partial charge in [-0.05, 0) is 37.6 Å². The molecule has 0 unspecified atom stereocenters. The Morgan fingerprint density at radius 3 is 2.71 bits per heavy atom. The van der Waals surface area contributed by atoms with Gasteiger partial charge in [0.05, 0.1) is 25.9 Å². The van der Waals surface area contributed by atoms with E-state index in [9.17, 15) is 9.59 Å². The van der Waals surface area contributed by atoms with Crippen LogP contribution in [0.1, 0.15) is 23.7 Å². The summed E-state index contributed by atoms with van der Waals surface area (Å²) in [4.78, 5) is 26.1. The summed E-state index contributed by atoms with van der Waals surface area (Å²) in [7, 11) is 1.67. The van der Waals surface area contributed by atoms with Gasteiger partial charge in [0.2, 0.25) is 0 Å². The molecule has 1 aliphatic heterocycles. The number of benzene rings is 1. The third-order valence-electron chi connectivity index (χ3n) is 4.63. The number of carbonyl (C=O) groups excluding carboxylic acids is 1. The molecule has 28 heavy (non-hydrogen) atoms. The van der Waals surface area contributed by atoms with Crippen molar-refractivity contribution in [3.05, 3.63) is 52.4 Å². The topological polar surface area (TPSA) is 78.2 Å². The molecule has 1 aromatic carbocycles. The molecule has 0 spiro atoms. The van der Waals surface area contributed by atoms with Gasteiger partial charge < -0.3 is 23.5 Å². The Morgan fingerprint density at radius 2 is 2.04 bits per heavy atom. The van der Waals surface area contributed by atoms with Gasteiger partial charge in [0.25, 0.3) is 0 Å². The van der Waals surface area contributed by atoms with Crippen LogP contribution in [0.4, 0.5) is 5.69 Å². The highest BCUT2D eigenvalue weighted by atomic mass is 16.5. The van der Waals surface area contributed by atoms with Crippen LogP contribution in [0.3, 0.4) is 0 Å². The van der Waals surface area contributed by atoms with Crippen LogP contribution in [-0.4, -0.2) is 52.1 Å². The molecule has 1 aliphatic rings. The van der Waals surface area contributed by atoms with E-state index in [2.05, 4.69) is 4.90 Å². The molecule has 3 rings (SSSR count). The van der Waals surface area contributed by atoms with Crippen molar-refractivity contribution in [1.82, 2.24) is 0 Å². The predicted octanol–water partition coefficient (Wildman–Crippen LogP) is 2.73. The van der Waals surface area contributed by atoms with Gasteiger partial charge in [-0.15, -0.1) is 0 Å². The first kappa shape index (κ1) is 20.1. The summed E-state index contributed by atoms with van der Waals surface area (Å²) >= 11 is 0. The number of rotatable bonds is 8. The van der Waals surface area contributed by atoms with Gasteiger partial charge in [0.1, 0.15) is 17.6 Å². The zero-order valence-electron chi connectivity index (χ0n) is 16.2. The van der Waals surface area contributed by atoms with Gasteiger partial charge in [0.15, 0.2) is 5.43 Å². The Kier molecular flexibility index (Phi) is 6.84. The summed E-state index contributed by atoms with van der Waals surface area (Å²) in [6.07, 6.45) is 2.35. The molecule has 150 valence electrons. The standard InChI is InChI=1S/C21H25NO6/c1-3-26-21(24)18-14-28-20(12-19(18)23)15-4-6-16(7-5-15)22-9-8-17(13-22)27-11-10-25-2/h4-7,12,14,17H,3,8-11,13H2,1-2H3/t17-/m0/s1. The number of esters is 1. The van der Waals surface area contributed by atoms with Crippen LogP contribution in [0.2, 0.25) is 0 Å². The number of methoxy groups -OCH3 is 1. The second-order valence-electron chi connectivity index (χ2n) is 6.51. The molecule has 0 amide bonds. The summed E-state index contributed by atoms with van der Waals surface area (Å²) in [6.45, 7) is 4.87. The van der Waals surface area contributed by atoms with E-state index in [0.29, 0.717) is 19.0 Å². The van der Waals surface area contributed by atoms with Gasteiger partial charge in [-0.2, -0.15) is 0 Å². The largest absolute Gasteiger partial charge is 0.463 e. The Hall–Kier alpha value is -2.64. The van der Waals surface area contributed by atoms with Crippen LogP contribution in [0.25, 0.3) is 11.3 Å². The molecule has 1 saturated heterocycles. The van der Waals surface area contributed by atoms with Gasteiger partial charge in [0, 0.05) is 37.5 Å². The third kappa shape index (κ3) is 4.79. The van der Waals surface area contributed by atoms with Crippen LogP contribution in [0, 0.1) is 0 Å². The molecule has 1 atom stereocenters. The number of nitrogens with zero attached hydrogens (tertiary/aromatic N) is 1. The average Bonchev–Trinajstić information content (AvgIpc) is 3.17. The Bertz CT molecular complexity index is 845. The van der Waals surface area contributed by atoms with Crippen molar-refractivity contribution in [2.75, 3.05) is 44.9 Å². The van der Waals surface area contributed by atoms with Crippen molar-refractivity contribution >= 4 is 11.7 Å². The van der Waals surface area contributed by atoms with E-state index in [4.69, 9.17) is 18.6 Å². The summed E-state index contributed by atoms with van der Waals surface area (Å²) in [5.74, 6) is -0.263. The van der Waals surface area contributed by atoms with Gasteiger partial charge >= 0.3 is 5.97 Å². The van der Waals surface area contributed by atoms with E-state index in [1.54, 1.807) is 14.0 Å². The second-order valence-corrected chi connectivity index (χ2v) is 6.51. The van der Waals surface area contributed by atoms with E-state index in [1.807, 2.05) is 24.3 Å². The van der Waals surface area contributed by atoms with Crippen molar-refractivity contribution < 1.29 is 23.4 Å². The Morgan fingerprint density at radius 1 is 1.25 bits per heavy atom.